The number of rotatable bonds is 0. The summed E-state index contributed by atoms with van der Waals surface area (Å²) in [5.74, 6) is 0. The molecule has 6 atom stereocenters. The first-order valence-electron chi connectivity index (χ1n) is 9.71. The summed E-state index contributed by atoms with van der Waals surface area (Å²) in [6, 6.07) is 3.85. The van der Waals surface area contributed by atoms with Crippen molar-refractivity contribution in [1.29, 1.82) is 0 Å². The standard InChI is InChI=1S/C18H36N4/c1-13-9-11-20-15-6-3-4-7-16(15)22-14(2)12-18-17(21-13)8-5-10-19-18/h13-22H,3-12H2,1-2H3. The molecule has 0 aromatic heterocycles. The normalized spacial score (nSPS) is 45.0. The highest BCUT2D eigenvalue weighted by Crippen LogP contribution is 2.21. The molecule has 0 radical (unpaired) electrons. The van der Waals surface area contributed by atoms with Gasteiger partial charge in [0.05, 0.1) is 0 Å². The van der Waals surface area contributed by atoms with Crippen LogP contribution >= 0.6 is 0 Å². The summed E-state index contributed by atoms with van der Waals surface area (Å²) in [6.45, 7) is 7.08. The van der Waals surface area contributed by atoms with Crippen molar-refractivity contribution < 1.29 is 0 Å². The van der Waals surface area contributed by atoms with Crippen molar-refractivity contribution in [3.05, 3.63) is 0 Å². The predicted molar refractivity (Wildman–Crippen MR) is 93.3 cm³/mol. The van der Waals surface area contributed by atoms with Gasteiger partial charge in [-0.15, -0.1) is 0 Å². The van der Waals surface area contributed by atoms with E-state index in [-0.39, 0.29) is 0 Å². The van der Waals surface area contributed by atoms with E-state index in [1.807, 2.05) is 0 Å². The Morgan fingerprint density at radius 1 is 0.591 bits per heavy atom. The molecular formula is C18H36N4. The van der Waals surface area contributed by atoms with E-state index in [1.54, 1.807) is 0 Å². The highest BCUT2D eigenvalue weighted by molar-refractivity contribution is 4.94. The van der Waals surface area contributed by atoms with Crippen LogP contribution < -0.4 is 21.3 Å². The molecule has 4 N–H and O–H groups in total. The van der Waals surface area contributed by atoms with E-state index in [9.17, 15) is 0 Å². The summed E-state index contributed by atoms with van der Waals surface area (Å²) in [5, 5.41) is 15.5. The Hall–Kier alpha value is -0.160. The van der Waals surface area contributed by atoms with Gasteiger partial charge < -0.3 is 21.3 Å². The van der Waals surface area contributed by atoms with Crippen LogP contribution in [0.5, 0.6) is 0 Å². The molecule has 3 fully saturated rings. The van der Waals surface area contributed by atoms with Gasteiger partial charge in [-0.05, 0) is 65.5 Å². The van der Waals surface area contributed by atoms with E-state index in [0.29, 0.717) is 36.3 Å². The van der Waals surface area contributed by atoms with Crippen LogP contribution in [-0.2, 0) is 0 Å². The molecule has 2 aliphatic heterocycles. The molecule has 3 rings (SSSR count). The maximum atomic E-state index is 3.95. The molecule has 0 spiro atoms. The molecule has 4 nitrogen and oxygen atoms in total. The zero-order valence-corrected chi connectivity index (χ0v) is 14.5. The van der Waals surface area contributed by atoms with Gasteiger partial charge in [-0.2, -0.15) is 0 Å². The molecule has 128 valence electrons. The van der Waals surface area contributed by atoms with Crippen LogP contribution in [0.3, 0.4) is 0 Å². The summed E-state index contributed by atoms with van der Waals surface area (Å²) in [7, 11) is 0. The third-order valence-electron chi connectivity index (χ3n) is 5.94. The van der Waals surface area contributed by atoms with Gasteiger partial charge in [0.2, 0.25) is 0 Å². The number of piperidine rings is 1. The van der Waals surface area contributed by atoms with Crippen molar-refractivity contribution >= 4 is 0 Å². The average Bonchev–Trinajstić information content (AvgIpc) is 2.50. The Kier molecular flexibility index (Phi) is 6.14. The zero-order valence-electron chi connectivity index (χ0n) is 14.5. The van der Waals surface area contributed by atoms with Crippen molar-refractivity contribution in [1.82, 2.24) is 21.3 Å². The minimum Gasteiger partial charge on any atom is -0.312 e. The van der Waals surface area contributed by atoms with Gasteiger partial charge in [0.1, 0.15) is 0 Å². The van der Waals surface area contributed by atoms with Crippen LogP contribution in [-0.4, -0.2) is 49.3 Å². The van der Waals surface area contributed by atoms with Gasteiger partial charge in [-0.25, -0.2) is 0 Å². The van der Waals surface area contributed by atoms with Crippen molar-refractivity contribution in [2.75, 3.05) is 13.1 Å². The van der Waals surface area contributed by atoms with Crippen molar-refractivity contribution in [3.63, 3.8) is 0 Å². The topological polar surface area (TPSA) is 48.1 Å². The minimum absolute atomic E-state index is 0.599. The van der Waals surface area contributed by atoms with Gasteiger partial charge >= 0.3 is 0 Å². The Labute approximate surface area is 136 Å². The van der Waals surface area contributed by atoms with Crippen LogP contribution in [0.15, 0.2) is 0 Å². The summed E-state index contributed by atoms with van der Waals surface area (Å²) >= 11 is 0. The van der Waals surface area contributed by atoms with E-state index >= 15 is 0 Å². The summed E-state index contributed by atoms with van der Waals surface area (Å²) < 4.78 is 0. The highest BCUT2D eigenvalue weighted by atomic mass is 15.1. The maximum absolute atomic E-state index is 3.95. The largest absolute Gasteiger partial charge is 0.312 e. The Balaban J connectivity index is 1.66. The Bertz CT molecular complexity index is 335. The number of fused-ring (bicyclic) bond motifs is 2. The second-order valence-corrected chi connectivity index (χ2v) is 7.92. The number of nitrogens with one attached hydrogen (secondary N) is 4. The van der Waals surface area contributed by atoms with Crippen LogP contribution in [0.2, 0.25) is 0 Å². The fourth-order valence-electron chi connectivity index (χ4n) is 4.72. The molecule has 2 saturated heterocycles. The van der Waals surface area contributed by atoms with Crippen molar-refractivity contribution in [3.8, 4) is 0 Å². The SMILES string of the molecule is CC1CC2NCCCC2NC(C)CCNC2CCCCC2N1. The molecule has 1 saturated carbocycles. The quantitative estimate of drug-likeness (QED) is 0.551. The van der Waals surface area contributed by atoms with E-state index < -0.39 is 0 Å². The lowest BCUT2D eigenvalue weighted by Crippen LogP contribution is -2.59. The molecule has 2 heterocycles. The molecule has 22 heavy (non-hydrogen) atoms. The van der Waals surface area contributed by atoms with Crippen molar-refractivity contribution in [2.24, 2.45) is 0 Å². The minimum atomic E-state index is 0.599. The van der Waals surface area contributed by atoms with Crippen LogP contribution in [0, 0.1) is 0 Å². The van der Waals surface area contributed by atoms with E-state index in [1.165, 1.54) is 57.9 Å². The summed E-state index contributed by atoms with van der Waals surface area (Å²) in [5.41, 5.74) is 0. The van der Waals surface area contributed by atoms with E-state index in [0.717, 1.165) is 6.54 Å². The lowest BCUT2D eigenvalue weighted by molar-refractivity contribution is 0.213. The third-order valence-corrected chi connectivity index (χ3v) is 5.94. The van der Waals surface area contributed by atoms with Crippen LogP contribution in [0.4, 0.5) is 0 Å². The van der Waals surface area contributed by atoms with Crippen LogP contribution in [0.25, 0.3) is 0 Å². The lowest BCUT2D eigenvalue weighted by Gasteiger charge is -2.40. The predicted octanol–water partition coefficient (Wildman–Crippen LogP) is 1.76. The maximum Gasteiger partial charge on any atom is 0.0235 e. The third kappa shape index (κ3) is 4.44. The van der Waals surface area contributed by atoms with Gasteiger partial charge in [0.15, 0.2) is 0 Å². The van der Waals surface area contributed by atoms with Gasteiger partial charge in [-0.3, -0.25) is 0 Å². The first kappa shape index (κ1) is 16.7. The Morgan fingerprint density at radius 2 is 1.23 bits per heavy atom. The fourth-order valence-corrected chi connectivity index (χ4v) is 4.72. The first-order valence-corrected chi connectivity index (χ1v) is 9.71. The smallest absolute Gasteiger partial charge is 0.0235 e. The van der Waals surface area contributed by atoms with Gasteiger partial charge in [-0.1, -0.05) is 12.8 Å². The molecular weight excluding hydrogens is 272 g/mol. The highest BCUT2D eigenvalue weighted by Gasteiger charge is 2.30. The van der Waals surface area contributed by atoms with E-state index in [4.69, 9.17) is 0 Å². The second kappa shape index (κ2) is 8.09. The van der Waals surface area contributed by atoms with Gasteiger partial charge in [0, 0.05) is 36.3 Å². The van der Waals surface area contributed by atoms with E-state index in [2.05, 4.69) is 35.1 Å². The van der Waals surface area contributed by atoms with Gasteiger partial charge in [0.25, 0.3) is 0 Å². The first-order chi connectivity index (χ1) is 10.7. The Morgan fingerprint density at radius 3 is 2.09 bits per heavy atom. The lowest BCUT2D eigenvalue weighted by atomic mass is 9.87. The molecule has 3 aliphatic rings. The summed E-state index contributed by atoms with van der Waals surface area (Å²) in [4.78, 5) is 0. The molecule has 6 unspecified atom stereocenters. The molecule has 4 heteroatoms. The zero-order chi connectivity index (χ0) is 15.4. The molecule has 0 amide bonds. The van der Waals surface area contributed by atoms with Crippen molar-refractivity contribution in [2.45, 2.75) is 101 Å². The number of hydrogen-bond donors (Lipinski definition) is 4. The second-order valence-electron chi connectivity index (χ2n) is 7.92. The fraction of sp³-hybridized carbons (Fsp3) is 1.00. The summed E-state index contributed by atoms with van der Waals surface area (Å²) in [6.07, 6.45) is 10.6. The molecule has 0 bridgehead atoms. The average molecular weight is 309 g/mol. The molecule has 0 aromatic carbocycles. The monoisotopic (exact) mass is 308 g/mol. The number of hydrogen-bond acceptors (Lipinski definition) is 4. The van der Waals surface area contributed by atoms with Crippen LogP contribution in [0.1, 0.15) is 65.2 Å². The molecule has 0 aromatic rings. The molecule has 1 aliphatic carbocycles.